The number of pyridine rings is 1. The Balaban J connectivity index is 1.47. The number of likely N-dealkylation sites (tertiary alicyclic amines) is 1. The fourth-order valence-corrected chi connectivity index (χ4v) is 3.69. The Morgan fingerprint density at radius 1 is 0.960 bits per heavy atom. The van der Waals surface area contributed by atoms with Gasteiger partial charge in [0.1, 0.15) is 6.33 Å². The number of fused-ring (bicyclic) bond motifs is 1. The third-order valence-electron chi connectivity index (χ3n) is 4.96. The van der Waals surface area contributed by atoms with Crippen molar-refractivity contribution in [2.24, 2.45) is 0 Å². The van der Waals surface area contributed by atoms with Gasteiger partial charge in [-0.3, -0.25) is 9.80 Å². The van der Waals surface area contributed by atoms with E-state index in [9.17, 15) is 0 Å². The molecule has 0 spiro atoms. The molecule has 0 unspecified atom stereocenters. The molecule has 5 nitrogen and oxygen atoms in total. The molecule has 3 heterocycles. The molecule has 4 rings (SSSR count). The van der Waals surface area contributed by atoms with Gasteiger partial charge in [-0.2, -0.15) is 5.10 Å². The van der Waals surface area contributed by atoms with E-state index in [4.69, 9.17) is 0 Å². The van der Waals surface area contributed by atoms with E-state index >= 15 is 0 Å². The zero-order valence-corrected chi connectivity index (χ0v) is 14.8. The van der Waals surface area contributed by atoms with E-state index in [0.717, 1.165) is 31.0 Å². The molecule has 0 saturated carbocycles. The number of benzene rings is 1. The molecule has 0 atom stereocenters. The quantitative estimate of drug-likeness (QED) is 0.694. The third kappa shape index (κ3) is 3.72. The van der Waals surface area contributed by atoms with Crippen LogP contribution in [0.2, 0.25) is 0 Å². The number of hydrogen-bond donors (Lipinski definition) is 0. The second-order valence-corrected chi connectivity index (χ2v) is 6.97. The summed E-state index contributed by atoms with van der Waals surface area (Å²) in [4.78, 5) is 9.18. The minimum atomic E-state index is 0.846. The van der Waals surface area contributed by atoms with Gasteiger partial charge in [0.2, 0.25) is 0 Å². The van der Waals surface area contributed by atoms with Crippen molar-refractivity contribution in [2.75, 3.05) is 20.1 Å². The summed E-state index contributed by atoms with van der Waals surface area (Å²) in [6.45, 7) is 5.33. The van der Waals surface area contributed by atoms with Crippen molar-refractivity contribution in [1.29, 1.82) is 0 Å². The van der Waals surface area contributed by atoms with E-state index in [0.29, 0.717) is 0 Å². The van der Waals surface area contributed by atoms with Crippen LogP contribution in [0.1, 0.15) is 29.7 Å². The van der Waals surface area contributed by atoms with Crippen LogP contribution in [0.5, 0.6) is 0 Å². The van der Waals surface area contributed by atoms with Crippen molar-refractivity contribution in [1.82, 2.24) is 24.4 Å². The third-order valence-corrected chi connectivity index (χ3v) is 4.96. The Morgan fingerprint density at radius 2 is 1.76 bits per heavy atom. The summed E-state index contributed by atoms with van der Waals surface area (Å²) in [5, 5.41) is 4.34. The summed E-state index contributed by atoms with van der Waals surface area (Å²) in [6.07, 6.45) is 4.29. The van der Waals surface area contributed by atoms with E-state index < -0.39 is 0 Å². The molecule has 3 aromatic rings. The van der Waals surface area contributed by atoms with E-state index in [1.165, 1.54) is 37.1 Å². The summed E-state index contributed by atoms with van der Waals surface area (Å²) in [6, 6.07) is 15.0. The molecule has 1 saturated heterocycles. The topological polar surface area (TPSA) is 36.7 Å². The molecule has 0 bridgehead atoms. The average molecular weight is 335 g/mol. The summed E-state index contributed by atoms with van der Waals surface area (Å²) in [5.41, 5.74) is 4.94. The first-order chi connectivity index (χ1) is 12.3. The fourth-order valence-electron chi connectivity index (χ4n) is 3.69. The minimum Gasteiger partial charge on any atom is -0.299 e. The number of nitrogens with zero attached hydrogens (tertiary/aromatic N) is 5. The average Bonchev–Trinajstić information content (AvgIpc) is 3.28. The van der Waals surface area contributed by atoms with Crippen molar-refractivity contribution < 1.29 is 0 Å². The fraction of sp³-hybridized carbons (Fsp3) is 0.400. The molecule has 1 fully saturated rings. The molecule has 0 aliphatic carbocycles. The van der Waals surface area contributed by atoms with Gasteiger partial charge in [0.15, 0.2) is 5.65 Å². The lowest BCUT2D eigenvalue weighted by Gasteiger charge is -2.21. The Hall–Kier alpha value is -2.24. The van der Waals surface area contributed by atoms with Crippen LogP contribution in [-0.4, -0.2) is 44.5 Å². The van der Waals surface area contributed by atoms with Gasteiger partial charge in [0, 0.05) is 19.6 Å². The monoisotopic (exact) mass is 335 g/mol. The van der Waals surface area contributed by atoms with Gasteiger partial charge in [-0.05, 0) is 56.2 Å². The maximum atomic E-state index is 4.34. The van der Waals surface area contributed by atoms with Gasteiger partial charge < -0.3 is 0 Å². The number of aromatic nitrogens is 3. The molecular weight excluding hydrogens is 310 g/mol. The van der Waals surface area contributed by atoms with Crippen molar-refractivity contribution in [2.45, 2.75) is 32.5 Å². The zero-order valence-electron chi connectivity index (χ0n) is 14.8. The molecule has 1 aliphatic rings. The van der Waals surface area contributed by atoms with Gasteiger partial charge in [-0.15, -0.1) is 0 Å². The highest BCUT2D eigenvalue weighted by atomic mass is 15.3. The molecule has 5 heteroatoms. The standard InChI is InChI=1S/C20H25N5/c1-23(15-19-9-6-10-20-21-16-22-25(19)20)13-17-7-2-3-8-18(17)14-24-11-4-5-12-24/h2-3,6-10,16H,4-5,11-15H2,1H3. The van der Waals surface area contributed by atoms with E-state index in [2.05, 4.69) is 63.3 Å². The van der Waals surface area contributed by atoms with E-state index in [1.807, 2.05) is 10.6 Å². The van der Waals surface area contributed by atoms with Crippen LogP contribution >= 0.6 is 0 Å². The Labute approximate surface area is 148 Å². The highest BCUT2D eigenvalue weighted by Gasteiger charge is 2.14. The normalized spacial score (nSPS) is 15.4. The molecule has 0 amide bonds. The van der Waals surface area contributed by atoms with Gasteiger partial charge in [0.05, 0.1) is 5.69 Å². The van der Waals surface area contributed by atoms with Crippen LogP contribution in [0, 0.1) is 0 Å². The summed E-state index contributed by atoms with van der Waals surface area (Å²) >= 11 is 0. The first-order valence-electron chi connectivity index (χ1n) is 9.05. The maximum Gasteiger partial charge on any atom is 0.155 e. The van der Waals surface area contributed by atoms with Crippen molar-refractivity contribution in [3.63, 3.8) is 0 Å². The molecule has 1 aromatic carbocycles. The molecule has 25 heavy (non-hydrogen) atoms. The van der Waals surface area contributed by atoms with Crippen molar-refractivity contribution in [3.05, 3.63) is 65.6 Å². The van der Waals surface area contributed by atoms with Crippen LogP contribution in [-0.2, 0) is 19.6 Å². The van der Waals surface area contributed by atoms with Crippen LogP contribution in [0.25, 0.3) is 5.65 Å². The van der Waals surface area contributed by atoms with Crippen LogP contribution in [0.15, 0.2) is 48.8 Å². The lowest BCUT2D eigenvalue weighted by molar-refractivity contribution is 0.302. The number of hydrogen-bond acceptors (Lipinski definition) is 4. The van der Waals surface area contributed by atoms with E-state index in [1.54, 1.807) is 6.33 Å². The molecule has 1 aliphatic heterocycles. The van der Waals surface area contributed by atoms with Crippen LogP contribution in [0.4, 0.5) is 0 Å². The Kier molecular flexibility index (Phi) is 4.76. The summed E-state index contributed by atoms with van der Waals surface area (Å²) < 4.78 is 1.92. The van der Waals surface area contributed by atoms with Crippen LogP contribution < -0.4 is 0 Å². The van der Waals surface area contributed by atoms with Crippen LogP contribution in [0.3, 0.4) is 0 Å². The first-order valence-corrected chi connectivity index (χ1v) is 9.05. The van der Waals surface area contributed by atoms with Gasteiger partial charge in [-0.25, -0.2) is 9.50 Å². The minimum absolute atomic E-state index is 0.846. The van der Waals surface area contributed by atoms with Crippen molar-refractivity contribution in [3.8, 4) is 0 Å². The Morgan fingerprint density at radius 3 is 2.60 bits per heavy atom. The summed E-state index contributed by atoms with van der Waals surface area (Å²) in [7, 11) is 2.17. The molecule has 0 N–H and O–H groups in total. The lowest BCUT2D eigenvalue weighted by Crippen LogP contribution is -2.23. The second kappa shape index (κ2) is 7.33. The molecule has 2 aromatic heterocycles. The largest absolute Gasteiger partial charge is 0.299 e. The van der Waals surface area contributed by atoms with Gasteiger partial charge >= 0.3 is 0 Å². The second-order valence-electron chi connectivity index (χ2n) is 6.97. The Bertz CT molecular complexity index is 835. The van der Waals surface area contributed by atoms with Gasteiger partial charge in [0.25, 0.3) is 0 Å². The smallest absolute Gasteiger partial charge is 0.155 e. The zero-order chi connectivity index (χ0) is 17.1. The number of rotatable bonds is 6. The SMILES string of the molecule is CN(Cc1ccccc1CN1CCCC1)Cc1cccc2ncnn12. The predicted octanol–water partition coefficient (Wildman–Crippen LogP) is 2.96. The van der Waals surface area contributed by atoms with E-state index in [-0.39, 0.29) is 0 Å². The lowest BCUT2D eigenvalue weighted by atomic mass is 10.1. The molecular formula is C20H25N5. The predicted molar refractivity (Wildman–Crippen MR) is 99.1 cm³/mol. The molecule has 130 valence electrons. The summed E-state index contributed by atoms with van der Waals surface area (Å²) in [5.74, 6) is 0. The van der Waals surface area contributed by atoms with Crippen molar-refractivity contribution >= 4 is 5.65 Å². The maximum absolute atomic E-state index is 4.34. The first kappa shape index (κ1) is 16.2. The highest BCUT2D eigenvalue weighted by Crippen LogP contribution is 2.18. The molecule has 0 radical (unpaired) electrons. The van der Waals surface area contributed by atoms with Gasteiger partial charge in [-0.1, -0.05) is 30.3 Å². The highest BCUT2D eigenvalue weighted by molar-refractivity contribution is 5.37.